The number of thiazole rings is 1. The summed E-state index contributed by atoms with van der Waals surface area (Å²) in [5, 5.41) is 4.35. The number of piperidine rings is 1. The predicted molar refractivity (Wildman–Crippen MR) is 129 cm³/mol. The summed E-state index contributed by atoms with van der Waals surface area (Å²) in [6, 6.07) is 12.5. The zero-order valence-electron chi connectivity index (χ0n) is 15.9. The van der Waals surface area contributed by atoms with Gasteiger partial charge in [-0.05, 0) is 48.7 Å². The molecule has 0 unspecified atom stereocenters. The number of nitrogens with zero attached hydrogens (tertiary/aromatic N) is 2. The molecule has 1 aliphatic rings. The lowest BCUT2D eigenvalue weighted by atomic mass is 10.1. The van der Waals surface area contributed by atoms with Gasteiger partial charge in [0.05, 0.1) is 20.9 Å². The molecule has 0 bridgehead atoms. The first-order valence-electron chi connectivity index (χ1n) is 9.43. The third-order valence-electron chi connectivity index (χ3n) is 5.26. The first-order chi connectivity index (χ1) is 14.4. The van der Waals surface area contributed by atoms with Crippen LogP contribution in [0.2, 0.25) is 10.0 Å². The molecule has 158 valence electrons. The van der Waals surface area contributed by atoms with Gasteiger partial charge in [0.25, 0.3) is 0 Å². The highest BCUT2D eigenvalue weighted by atomic mass is 79.9. The maximum absolute atomic E-state index is 13.0. The van der Waals surface area contributed by atoms with E-state index in [0.717, 1.165) is 22.0 Å². The van der Waals surface area contributed by atoms with Gasteiger partial charge in [-0.1, -0.05) is 51.3 Å². The molecule has 30 heavy (non-hydrogen) atoms. The predicted octanol–water partition coefficient (Wildman–Crippen LogP) is 6.45. The van der Waals surface area contributed by atoms with Crippen LogP contribution in [-0.4, -0.2) is 31.7 Å². The Morgan fingerprint density at radius 3 is 2.43 bits per heavy atom. The Morgan fingerprint density at radius 2 is 1.80 bits per heavy atom. The van der Waals surface area contributed by atoms with Crippen molar-refractivity contribution in [2.24, 2.45) is 0 Å². The second-order valence-electron chi connectivity index (χ2n) is 7.15. The number of benzene rings is 2. The van der Waals surface area contributed by atoms with Crippen molar-refractivity contribution in [2.45, 2.75) is 28.3 Å². The summed E-state index contributed by atoms with van der Waals surface area (Å²) in [7, 11) is -3.33. The smallest absolute Gasteiger partial charge is 0.185 e. The fourth-order valence-corrected chi connectivity index (χ4v) is 7.04. The molecule has 0 aliphatic carbocycles. The van der Waals surface area contributed by atoms with E-state index in [1.807, 2.05) is 23.6 Å². The molecule has 0 radical (unpaired) electrons. The van der Waals surface area contributed by atoms with Crippen LogP contribution in [0, 0.1) is 0 Å². The number of sulfone groups is 1. The normalized spacial score (nSPS) is 15.5. The van der Waals surface area contributed by atoms with Crippen LogP contribution >= 0.6 is 50.5 Å². The molecule has 2 heterocycles. The Bertz CT molecular complexity index is 1140. The Kier molecular flexibility index (Phi) is 6.75. The van der Waals surface area contributed by atoms with Crippen molar-refractivity contribution >= 4 is 65.4 Å². The molecule has 4 rings (SSSR count). The van der Waals surface area contributed by atoms with E-state index in [1.54, 1.807) is 35.6 Å². The topological polar surface area (TPSA) is 50.3 Å². The van der Waals surface area contributed by atoms with Crippen LogP contribution in [0.3, 0.4) is 0 Å². The molecular weight excluding hydrogens is 527 g/mol. The monoisotopic (exact) mass is 544 g/mol. The maximum atomic E-state index is 13.0. The van der Waals surface area contributed by atoms with Gasteiger partial charge in [0.15, 0.2) is 15.0 Å². The van der Waals surface area contributed by atoms with Gasteiger partial charge in [-0.2, -0.15) is 0 Å². The van der Waals surface area contributed by atoms with E-state index in [4.69, 9.17) is 28.2 Å². The minimum atomic E-state index is -3.33. The van der Waals surface area contributed by atoms with E-state index in [2.05, 4.69) is 20.8 Å². The molecule has 0 amide bonds. The quantitative estimate of drug-likeness (QED) is 0.345. The van der Waals surface area contributed by atoms with E-state index < -0.39 is 9.84 Å². The first-order valence-corrected chi connectivity index (χ1v) is 13.7. The standard InChI is InChI=1S/C21H19BrCl2N2O2S2/c22-12-14-1-4-16(5-2-14)30(27,28)17-7-9-26(10-8-17)21-25-20(13-29-21)18-6-3-15(23)11-19(18)24/h1-6,11,13,17H,7-10,12H2. The maximum Gasteiger partial charge on any atom is 0.185 e. The van der Waals surface area contributed by atoms with Crippen molar-refractivity contribution < 1.29 is 8.42 Å². The van der Waals surface area contributed by atoms with Crippen molar-refractivity contribution in [3.8, 4) is 11.3 Å². The molecule has 0 atom stereocenters. The number of alkyl halides is 1. The Morgan fingerprint density at radius 1 is 1.10 bits per heavy atom. The van der Waals surface area contributed by atoms with Gasteiger partial charge in [0, 0.05) is 34.4 Å². The van der Waals surface area contributed by atoms with Gasteiger partial charge >= 0.3 is 0 Å². The molecule has 1 fully saturated rings. The molecule has 1 aliphatic heterocycles. The first kappa shape index (κ1) is 22.1. The number of hydrogen-bond acceptors (Lipinski definition) is 5. The van der Waals surface area contributed by atoms with Crippen LogP contribution in [0.1, 0.15) is 18.4 Å². The minimum absolute atomic E-state index is 0.367. The average Bonchev–Trinajstić information content (AvgIpc) is 3.24. The largest absolute Gasteiger partial charge is 0.348 e. The zero-order valence-corrected chi connectivity index (χ0v) is 20.6. The van der Waals surface area contributed by atoms with Crippen molar-refractivity contribution in [1.29, 1.82) is 0 Å². The summed E-state index contributed by atoms with van der Waals surface area (Å²) >= 11 is 17.2. The molecule has 1 aromatic heterocycles. The summed E-state index contributed by atoms with van der Waals surface area (Å²) in [4.78, 5) is 7.28. The minimum Gasteiger partial charge on any atom is -0.348 e. The Balaban J connectivity index is 1.45. The highest BCUT2D eigenvalue weighted by Crippen LogP contribution is 2.35. The van der Waals surface area contributed by atoms with Crippen molar-refractivity contribution in [3.05, 3.63) is 63.5 Å². The van der Waals surface area contributed by atoms with E-state index >= 15 is 0 Å². The second kappa shape index (κ2) is 9.17. The SMILES string of the molecule is O=S(=O)(c1ccc(CBr)cc1)C1CCN(c2nc(-c3ccc(Cl)cc3Cl)cs2)CC1. The zero-order chi connectivity index (χ0) is 21.3. The average molecular weight is 546 g/mol. The van der Waals surface area contributed by atoms with Crippen LogP contribution in [0.5, 0.6) is 0 Å². The lowest BCUT2D eigenvalue weighted by Crippen LogP contribution is -2.39. The molecule has 1 saturated heterocycles. The summed E-state index contributed by atoms with van der Waals surface area (Å²) in [5.41, 5.74) is 2.70. The molecular formula is C21H19BrCl2N2O2S2. The second-order valence-corrected chi connectivity index (χ2v) is 11.6. The molecule has 3 aromatic rings. The molecule has 4 nitrogen and oxygen atoms in total. The lowest BCUT2D eigenvalue weighted by molar-refractivity contribution is 0.529. The molecule has 0 spiro atoms. The van der Waals surface area contributed by atoms with Crippen LogP contribution < -0.4 is 4.90 Å². The van der Waals surface area contributed by atoms with Crippen molar-refractivity contribution in [3.63, 3.8) is 0 Å². The summed E-state index contributed by atoms with van der Waals surface area (Å²) in [5.74, 6) is 0. The fourth-order valence-electron chi connectivity index (χ4n) is 3.55. The molecule has 0 saturated carbocycles. The van der Waals surface area contributed by atoms with Gasteiger partial charge in [-0.25, -0.2) is 13.4 Å². The van der Waals surface area contributed by atoms with Crippen LogP contribution in [0.15, 0.2) is 52.7 Å². The van der Waals surface area contributed by atoms with Gasteiger partial charge in [0.2, 0.25) is 0 Å². The van der Waals surface area contributed by atoms with Gasteiger partial charge in [-0.3, -0.25) is 0 Å². The third-order valence-corrected chi connectivity index (χ3v) is 9.63. The highest BCUT2D eigenvalue weighted by molar-refractivity contribution is 9.08. The van der Waals surface area contributed by atoms with Crippen LogP contribution in [0.25, 0.3) is 11.3 Å². The number of rotatable bonds is 5. The van der Waals surface area contributed by atoms with Gasteiger partial charge in [0.1, 0.15) is 0 Å². The number of hydrogen-bond donors (Lipinski definition) is 0. The number of anilines is 1. The van der Waals surface area contributed by atoms with Crippen molar-refractivity contribution in [1.82, 2.24) is 4.98 Å². The van der Waals surface area contributed by atoms with E-state index in [0.29, 0.717) is 46.2 Å². The summed E-state index contributed by atoms with van der Waals surface area (Å²) < 4.78 is 26.0. The van der Waals surface area contributed by atoms with Crippen LogP contribution in [0.4, 0.5) is 5.13 Å². The highest BCUT2D eigenvalue weighted by Gasteiger charge is 2.32. The Hall–Kier alpha value is -1.12. The van der Waals surface area contributed by atoms with Gasteiger partial charge < -0.3 is 4.90 Å². The summed E-state index contributed by atoms with van der Waals surface area (Å²) in [6.07, 6.45) is 1.16. The summed E-state index contributed by atoms with van der Waals surface area (Å²) in [6.45, 7) is 1.31. The lowest BCUT2D eigenvalue weighted by Gasteiger charge is -2.31. The Labute approximate surface area is 198 Å². The molecule has 2 aromatic carbocycles. The fraction of sp³-hybridized carbons (Fsp3) is 0.286. The molecule has 9 heteroatoms. The van der Waals surface area contributed by atoms with Crippen molar-refractivity contribution in [2.75, 3.05) is 18.0 Å². The van der Waals surface area contributed by atoms with E-state index in [1.165, 1.54) is 0 Å². The number of aromatic nitrogens is 1. The van der Waals surface area contributed by atoms with E-state index in [9.17, 15) is 8.42 Å². The van der Waals surface area contributed by atoms with E-state index in [-0.39, 0.29) is 5.25 Å². The molecule has 0 N–H and O–H groups in total. The third kappa shape index (κ3) is 4.55. The van der Waals surface area contributed by atoms with Crippen LogP contribution in [-0.2, 0) is 15.2 Å². The van der Waals surface area contributed by atoms with Gasteiger partial charge in [-0.15, -0.1) is 11.3 Å². The number of halogens is 3.